The molecule has 0 saturated heterocycles. The molecule has 0 fully saturated rings. The van der Waals surface area contributed by atoms with Crippen LogP contribution >= 0.6 is 15.9 Å². The van der Waals surface area contributed by atoms with E-state index >= 15 is 0 Å². The molecule has 0 radical (unpaired) electrons. The van der Waals surface area contributed by atoms with E-state index in [9.17, 15) is 9.90 Å². The lowest BCUT2D eigenvalue weighted by molar-refractivity contribution is 0.0690. The minimum atomic E-state index is -1.01. The molecule has 3 rings (SSSR count). The Morgan fingerprint density at radius 2 is 2.05 bits per heavy atom. The number of pyridine rings is 2. The van der Waals surface area contributed by atoms with Gasteiger partial charge in [0.05, 0.1) is 4.47 Å². The van der Waals surface area contributed by atoms with E-state index in [4.69, 9.17) is 0 Å². The first kappa shape index (κ1) is 12.8. The Hall–Kier alpha value is -2.21. The minimum absolute atomic E-state index is 0.149. The molecule has 0 aliphatic rings. The summed E-state index contributed by atoms with van der Waals surface area (Å²) in [6, 6.07) is 5.40. The number of aromatic carboxylic acids is 1. The van der Waals surface area contributed by atoms with Crippen LogP contribution in [-0.2, 0) is 0 Å². The van der Waals surface area contributed by atoms with E-state index in [1.54, 1.807) is 35.1 Å². The third-order valence-electron chi connectivity index (χ3n) is 2.97. The average molecular weight is 332 g/mol. The number of hydrogen-bond donors (Lipinski definition) is 1. The predicted molar refractivity (Wildman–Crippen MR) is 77.8 cm³/mol. The topological polar surface area (TPSA) is 67.5 Å². The smallest absolute Gasteiger partial charge is 0.355 e. The number of nitrogens with zero attached hydrogens (tertiary/aromatic N) is 3. The van der Waals surface area contributed by atoms with Crippen LogP contribution in [0, 0.1) is 6.92 Å². The molecule has 3 aromatic heterocycles. The minimum Gasteiger partial charge on any atom is -0.476 e. The number of aromatic nitrogens is 3. The van der Waals surface area contributed by atoms with Crippen LogP contribution in [0.1, 0.15) is 16.1 Å². The zero-order chi connectivity index (χ0) is 14.3. The van der Waals surface area contributed by atoms with Crippen LogP contribution in [0.25, 0.3) is 16.9 Å². The Bertz CT molecular complexity index is 812. The van der Waals surface area contributed by atoms with Crippen LogP contribution in [0.2, 0.25) is 0 Å². The number of halogens is 1. The molecule has 0 bridgehead atoms. The predicted octanol–water partition coefficient (Wildman–Crippen LogP) is 3.17. The highest BCUT2D eigenvalue weighted by atomic mass is 79.9. The van der Waals surface area contributed by atoms with Gasteiger partial charge in [0, 0.05) is 24.2 Å². The van der Waals surface area contributed by atoms with Gasteiger partial charge in [-0.15, -0.1) is 0 Å². The van der Waals surface area contributed by atoms with Crippen molar-refractivity contribution in [3.63, 3.8) is 0 Å². The lowest BCUT2D eigenvalue weighted by Crippen LogP contribution is -2.04. The van der Waals surface area contributed by atoms with Crippen molar-refractivity contribution in [3.05, 3.63) is 52.5 Å². The maximum absolute atomic E-state index is 11.6. The van der Waals surface area contributed by atoms with Gasteiger partial charge in [0.15, 0.2) is 11.3 Å². The van der Waals surface area contributed by atoms with Gasteiger partial charge < -0.3 is 5.11 Å². The summed E-state index contributed by atoms with van der Waals surface area (Å²) in [6.45, 7) is 1.90. The fourth-order valence-corrected chi connectivity index (χ4v) is 2.79. The van der Waals surface area contributed by atoms with Gasteiger partial charge in [0.25, 0.3) is 0 Å². The maximum atomic E-state index is 11.6. The third-order valence-corrected chi connectivity index (χ3v) is 3.55. The summed E-state index contributed by atoms with van der Waals surface area (Å²) in [6.07, 6.45) is 5.00. The highest BCUT2D eigenvalue weighted by Crippen LogP contribution is 2.28. The van der Waals surface area contributed by atoms with Gasteiger partial charge in [-0.2, -0.15) is 0 Å². The van der Waals surface area contributed by atoms with Gasteiger partial charge in [-0.25, -0.2) is 9.78 Å². The molecule has 0 saturated carbocycles. The summed E-state index contributed by atoms with van der Waals surface area (Å²) in [4.78, 5) is 20.0. The number of carboxylic acid groups (broad SMARTS) is 1. The maximum Gasteiger partial charge on any atom is 0.355 e. The normalized spacial score (nSPS) is 10.9. The molecule has 6 heteroatoms. The molecule has 0 amide bonds. The molecule has 1 N–H and O–H groups in total. The fraction of sp³-hybridized carbons (Fsp3) is 0.0714. The average Bonchev–Trinajstić information content (AvgIpc) is 2.79. The van der Waals surface area contributed by atoms with Gasteiger partial charge in [0.1, 0.15) is 5.69 Å². The van der Waals surface area contributed by atoms with Crippen molar-refractivity contribution >= 4 is 27.5 Å². The van der Waals surface area contributed by atoms with Crippen molar-refractivity contribution in [3.8, 4) is 11.3 Å². The summed E-state index contributed by atoms with van der Waals surface area (Å²) in [5, 5.41) is 9.50. The molecule has 20 heavy (non-hydrogen) atoms. The highest BCUT2D eigenvalue weighted by molar-refractivity contribution is 9.10. The van der Waals surface area contributed by atoms with Crippen molar-refractivity contribution < 1.29 is 9.90 Å². The molecule has 0 aliphatic heterocycles. The second-order valence-corrected chi connectivity index (χ2v) is 5.26. The standard InChI is InChI=1S/C14H10BrN3O2/c1-8-6-10(15)13-17-11(9-2-4-16-5-3-9)12(14(19)20)18(13)7-8/h2-7H,1H3,(H,19,20). The van der Waals surface area contributed by atoms with Gasteiger partial charge in [-0.1, -0.05) is 0 Å². The van der Waals surface area contributed by atoms with E-state index in [-0.39, 0.29) is 5.69 Å². The van der Waals surface area contributed by atoms with E-state index < -0.39 is 5.97 Å². The van der Waals surface area contributed by atoms with Gasteiger partial charge >= 0.3 is 5.97 Å². The number of aryl methyl sites for hydroxylation is 1. The lowest BCUT2D eigenvalue weighted by Gasteiger charge is -2.02. The monoisotopic (exact) mass is 331 g/mol. The highest BCUT2D eigenvalue weighted by Gasteiger charge is 2.21. The van der Waals surface area contributed by atoms with Gasteiger partial charge in [0.2, 0.25) is 0 Å². The molecule has 0 aromatic carbocycles. The zero-order valence-corrected chi connectivity index (χ0v) is 12.1. The van der Waals surface area contributed by atoms with Gasteiger partial charge in [-0.3, -0.25) is 9.38 Å². The molecule has 0 unspecified atom stereocenters. The number of hydrogen-bond acceptors (Lipinski definition) is 3. The first-order valence-electron chi connectivity index (χ1n) is 5.90. The van der Waals surface area contributed by atoms with Crippen molar-refractivity contribution in [2.75, 3.05) is 0 Å². The quantitative estimate of drug-likeness (QED) is 0.783. The Balaban J connectivity index is 2.41. The Labute approximate surface area is 123 Å². The summed E-state index contributed by atoms with van der Waals surface area (Å²) >= 11 is 3.43. The van der Waals surface area contributed by atoms with Crippen LogP contribution < -0.4 is 0 Å². The number of imidazole rings is 1. The summed E-state index contributed by atoms with van der Waals surface area (Å²) < 4.78 is 2.36. The molecule has 0 spiro atoms. The van der Waals surface area contributed by atoms with E-state index in [0.29, 0.717) is 11.3 Å². The van der Waals surface area contributed by atoms with Crippen LogP contribution in [0.3, 0.4) is 0 Å². The van der Waals surface area contributed by atoms with Crippen LogP contribution in [0.4, 0.5) is 0 Å². The summed E-state index contributed by atoms with van der Waals surface area (Å²) in [5.74, 6) is -1.01. The molecular weight excluding hydrogens is 322 g/mol. The molecule has 3 aromatic rings. The Kier molecular flexibility index (Phi) is 3.02. The Morgan fingerprint density at radius 3 is 2.70 bits per heavy atom. The van der Waals surface area contributed by atoms with Gasteiger partial charge in [-0.05, 0) is 46.6 Å². The largest absolute Gasteiger partial charge is 0.476 e. The molecular formula is C14H10BrN3O2. The second kappa shape index (κ2) is 4.72. The van der Waals surface area contributed by atoms with Crippen molar-refractivity contribution in [1.29, 1.82) is 0 Å². The van der Waals surface area contributed by atoms with Crippen LogP contribution in [-0.4, -0.2) is 25.4 Å². The number of carbonyl (C=O) groups is 1. The number of carboxylic acids is 1. The van der Waals surface area contributed by atoms with E-state index in [1.165, 1.54) is 0 Å². The molecule has 3 heterocycles. The molecule has 0 aliphatic carbocycles. The molecule has 100 valence electrons. The van der Waals surface area contributed by atoms with Crippen molar-refractivity contribution in [2.45, 2.75) is 6.92 Å². The SMILES string of the molecule is Cc1cc(Br)c2nc(-c3ccncc3)c(C(=O)O)n2c1. The number of fused-ring (bicyclic) bond motifs is 1. The zero-order valence-electron chi connectivity index (χ0n) is 10.5. The lowest BCUT2D eigenvalue weighted by atomic mass is 10.1. The molecule has 5 nitrogen and oxygen atoms in total. The summed E-state index contributed by atoms with van der Waals surface area (Å²) in [5.41, 5.74) is 2.85. The second-order valence-electron chi connectivity index (χ2n) is 4.41. The van der Waals surface area contributed by atoms with E-state index in [1.807, 2.05) is 13.0 Å². The van der Waals surface area contributed by atoms with E-state index in [0.717, 1.165) is 15.6 Å². The fourth-order valence-electron chi connectivity index (χ4n) is 2.15. The van der Waals surface area contributed by atoms with Crippen LogP contribution in [0.15, 0.2) is 41.3 Å². The first-order valence-corrected chi connectivity index (χ1v) is 6.69. The van der Waals surface area contributed by atoms with E-state index in [2.05, 4.69) is 25.9 Å². The Morgan fingerprint density at radius 1 is 1.35 bits per heavy atom. The first-order chi connectivity index (χ1) is 9.58. The third kappa shape index (κ3) is 1.98. The molecule has 0 atom stereocenters. The number of rotatable bonds is 2. The van der Waals surface area contributed by atoms with Crippen molar-refractivity contribution in [2.24, 2.45) is 0 Å². The van der Waals surface area contributed by atoms with Crippen molar-refractivity contribution in [1.82, 2.24) is 14.4 Å². The van der Waals surface area contributed by atoms with Crippen LogP contribution in [0.5, 0.6) is 0 Å². The summed E-state index contributed by atoms with van der Waals surface area (Å²) in [7, 11) is 0.